The van der Waals surface area contributed by atoms with Gasteiger partial charge in [-0.15, -0.1) is 10.2 Å². The van der Waals surface area contributed by atoms with E-state index in [2.05, 4.69) is 33.1 Å². The summed E-state index contributed by atoms with van der Waals surface area (Å²) in [7, 11) is 0. The summed E-state index contributed by atoms with van der Waals surface area (Å²) < 4.78 is 11.9. The molecule has 0 aromatic carbocycles. The second-order valence-electron chi connectivity index (χ2n) is 6.67. The van der Waals surface area contributed by atoms with Crippen LogP contribution in [-0.2, 0) is 11.3 Å². The highest BCUT2D eigenvalue weighted by Crippen LogP contribution is 2.33. The first kappa shape index (κ1) is 15.5. The van der Waals surface area contributed by atoms with Crippen molar-refractivity contribution in [3.05, 3.63) is 42.1 Å². The number of rotatable bonds is 3. The second-order valence-corrected chi connectivity index (χ2v) is 6.67. The zero-order chi connectivity index (χ0) is 16.4. The summed E-state index contributed by atoms with van der Waals surface area (Å²) in [6.07, 6.45) is 8.90. The lowest BCUT2D eigenvalue weighted by Crippen LogP contribution is -2.46. The van der Waals surface area contributed by atoms with E-state index in [1.807, 2.05) is 12.1 Å². The molecule has 2 aliphatic rings. The van der Waals surface area contributed by atoms with Crippen LogP contribution in [0.4, 0.5) is 0 Å². The summed E-state index contributed by atoms with van der Waals surface area (Å²) >= 11 is 0. The Balaban J connectivity index is 1.38. The first-order chi connectivity index (χ1) is 11.7. The van der Waals surface area contributed by atoms with Crippen LogP contribution >= 0.6 is 0 Å². The predicted octanol–water partition coefficient (Wildman–Crippen LogP) is 2.83. The highest BCUT2D eigenvalue weighted by Gasteiger charge is 2.35. The highest BCUT2D eigenvalue weighted by molar-refractivity contribution is 5.49. The summed E-state index contributed by atoms with van der Waals surface area (Å²) in [6, 6.07) is 3.78. The first-order valence-corrected chi connectivity index (χ1v) is 8.50. The van der Waals surface area contributed by atoms with E-state index in [-0.39, 0.29) is 5.60 Å². The lowest BCUT2D eigenvalue weighted by atomic mass is 9.87. The minimum absolute atomic E-state index is 0.0471. The maximum atomic E-state index is 6.08. The van der Waals surface area contributed by atoms with Gasteiger partial charge in [-0.25, -0.2) is 0 Å². The fourth-order valence-electron chi connectivity index (χ4n) is 3.47. The predicted molar refractivity (Wildman–Crippen MR) is 89.1 cm³/mol. The van der Waals surface area contributed by atoms with E-state index in [9.17, 15) is 0 Å². The van der Waals surface area contributed by atoms with E-state index in [4.69, 9.17) is 9.15 Å². The number of hydrogen-bond acceptors (Lipinski definition) is 6. The van der Waals surface area contributed by atoms with Crippen LogP contribution in [-0.4, -0.2) is 45.4 Å². The van der Waals surface area contributed by atoms with Gasteiger partial charge in [-0.2, -0.15) is 0 Å². The normalized spacial score (nSPS) is 21.0. The fourth-order valence-corrected chi connectivity index (χ4v) is 3.47. The molecule has 2 aromatic heterocycles. The third-order valence-electron chi connectivity index (χ3n) is 4.83. The molecule has 126 valence electrons. The Bertz CT molecular complexity index is 718. The maximum absolute atomic E-state index is 6.08. The minimum Gasteiger partial charge on any atom is -0.419 e. The van der Waals surface area contributed by atoms with Crippen molar-refractivity contribution in [1.82, 2.24) is 20.1 Å². The van der Waals surface area contributed by atoms with Gasteiger partial charge < -0.3 is 9.15 Å². The second kappa shape index (κ2) is 6.45. The molecule has 1 spiro atoms. The van der Waals surface area contributed by atoms with Crippen molar-refractivity contribution in [3.63, 3.8) is 0 Å². The molecule has 6 nitrogen and oxygen atoms in total. The number of pyridine rings is 1. The van der Waals surface area contributed by atoms with E-state index >= 15 is 0 Å². The van der Waals surface area contributed by atoms with Crippen LogP contribution in [0.1, 0.15) is 32.1 Å². The van der Waals surface area contributed by atoms with E-state index < -0.39 is 0 Å². The zero-order valence-corrected chi connectivity index (χ0v) is 13.9. The molecule has 4 heterocycles. The molecule has 2 aliphatic heterocycles. The van der Waals surface area contributed by atoms with Gasteiger partial charge in [-0.3, -0.25) is 9.88 Å². The first-order valence-electron chi connectivity index (χ1n) is 8.50. The van der Waals surface area contributed by atoms with Crippen LogP contribution in [0.25, 0.3) is 11.5 Å². The van der Waals surface area contributed by atoms with Gasteiger partial charge in [0.15, 0.2) is 0 Å². The molecule has 1 saturated heterocycles. The third kappa shape index (κ3) is 3.25. The average Bonchev–Trinajstić information content (AvgIpc) is 3.07. The Hall–Kier alpha value is -2.05. The molecular formula is C18H22N4O2. The molecule has 0 unspecified atom stereocenters. The molecule has 0 N–H and O–H groups in total. The van der Waals surface area contributed by atoms with Crippen LogP contribution in [0, 0.1) is 0 Å². The summed E-state index contributed by atoms with van der Waals surface area (Å²) in [4.78, 5) is 6.44. The Morgan fingerprint density at radius 2 is 2.12 bits per heavy atom. The van der Waals surface area contributed by atoms with Crippen LogP contribution in [0.2, 0.25) is 0 Å². The van der Waals surface area contributed by atoms with Crippen LogP contribution < -0.4 is 0 Å². The van der Waals surface area contributed by atoms with Gasteiger partial charge in [0.1, 0.15) is 0 Å². The molecule has 0 amide bonds. The number of nitrogens with zero attached hydrogens (tertiary/aromatic N) is 4. The third-order valence-corrected chi connectivity index (χ3v) is 4.83. The largest absolute Gasteiger partial charge is 0.419 e. The van der Waals surface area contributed by atoms with Gasteiger partial charge >= 0.3 is 0 Å². The smallest absolute Gasteiger partial charge is 0.249 e. The molecular weight excluding hydrogens is 304 g/mol. The van der Waals surface area contributed by atoms with Gasteiger partial charge in [0.2, 0.25) is 11.8 Å². The molecule has 0 atom stereocenters. The Kier molecular flexibility index (Phi) is 4.16. The van der Waals surface area contributed by atoms with Crippen LogP contribution in [0.3, 0.4) is 0 Å². The van der Waals surface area contributed by atoms with E-state index in [0.717, 1.165) is 44.5 Å². The maximum Gasteiger partial charge on any atom is 0.249 e. The van der Waals surface area contributed by atoms with Gasteiger partial charge in [0, 0.05) is 25.5 Å². The molecule has 2 aromatic rings. The Morgan fingerprint density at radius 1 is 1.25 bits per heavy atom. The zero-order valence-electron chi connectivity index (χ0n) is 13.9. The molecule has 24 heavy (non-hydrogen) atoms. The van der Waals surface area contributed by atoms with E-state index in [1.165, 1.54) is 5.57 Å². The molecule has 0 radical (unpaired) electrons. The number of aromatic nitrogens is 3. The van der Waals surface area contributed by atoms with Crippen molar-refractivity contribution in [3.8, 4) is 11.5 Å². The van der Waals surface area contributed by atoms with Gasteiger partial charge in [0.25, 0.3) is 0 Å². The van der Waals surface area contributed by atoms with Crippen LogP contribution in [0.5, 0.6) is 0 Å². The summed E-state index contributed by atoms with van der Waals surface area (Å²) in [5.41, 5.74) is 2.26. The minimum atomic E-state index is -0.0471. The standard InChI is InChI=1S/C18H22N4O2/c1-14-4-10-23-18(11-14)5-8-22(9-6-18)13-16-20-21-17(24-16)15-3-2-7-19-12-15/h2-3,7,11-12H,4-6,8-10,13H2,1H3. The number of hydrogen-bond donors (Lipinski definition) is 0. The van der Waals surface area contributed by atoms with Crippen molar-refractivity contribution in [2.24, 2.45) is 0 Å². The SMILES string of the molecule is CC1=CC2(CCN(Cc3nnc(-c4cccnc4)o3)CC2)OCC1. The summed E-state index contributed by atoms with van der Waals surface area (Å²) in [6.45, 7) is 5.70. The van der Waals surface area contributed by atoms with Crippen molar-refractivity contribution >= 4 is 0 Å². The van der Waals surface area contributed by atoms with E-state index in [0.29, 0.717) is 18.3 Å². The molecule has 1 fully saturated rings. The molecule has 4 rings (SSSR count). The summed E-state index contributed by atoms with van der Waals surface area (Å²) in [5.74, 6) is 1.18. The topological polar surface area (TPSA) is 64.3 Å². The van der Waals surface area contributed by atoms with Crippen LogP contribution in [0.15, 0.2) is 40.6 Å². The summed E-state index contributed by atoms with van der Waals surface area (Å²) in [5, 5.41) is 8.30. The van der Waals surface area contributed by atoms with Gasteiger partial charge in [-0.05, 0) is 38.3 Å². The van der Waals surface area contributed by atoms with Crippen molar-refractivity contribution in [2.75, 3.05) is 19.7 Å². The van der Waals surface area contributed by atoms with Crippen molar-refractivity contribution < 1.29 is 9.15 Å². The fraction of sp³-hybridized carbons (Fsp3) is 0.500. The molecule has 6 heteroatoms. The van der Waals surface area contributed by atoms with Crippen molar-refractivity contribution in [1.29, 1.82) is 0 Å². The number of likely N-dealkylation sites (tertiary alicyclic amines) is 1. The lowest BCUT2D eigenvalue weighted by molar-refractivity contribution is -0.0585. The highest BCUT2D eigenvalue weighted by atomic mass is 16.5. The van der Waals surface area contributed by atoms with E-state index in [1.54, 1.807) is 12.4 Å². The number of piperidine rings is 1. The average molecular weight is 326 g/mol. The van der Waals surface area contributed by atoms with Gasteiger partial charge in [0.05, 0.1) is 24.3 Å². The molecule has 0 aliphatic carbocycles. The molecule has 0 bridgehead atoms. The number of ether oxygens (including phenoxy) is 1. The Morgan fingerprint density at radius 3 is 2.88 bits per heavy atom. The van der Waals surface area contributed by atoms with Crippen molar-refractivity contribution in [2.45, 2.75) is 38.3 Å². The monoisotopic (exact) mass is 326 g/mol. The Labute approximate surface area is 141 Å². The quantitative estimate of drug-likeness (QED) is 0.808. The lowest BCUT2D eigenvalue weighted by Gasteiger charge is -2.41. The molecule has 0 saturated carbocycles. The van der Waals surface area contributed by atoms with Gasteiger partial charge in [-0.1, -0.05) is 11.6 Å².